The molecule has 1 aliphatic rings. The summed E-state index contributed by atoms with van der Waals surface area (Å²) in [4.78, 5) is 17.4. The van der Waals surface area contributed by atoms with E-state index in [1.54, 1.807) is 48.5 Å². The zero-order valence-electron chi connectivity index (χ0n) is 20.9. The van der Waals surface area contributed by atoms with E-state index in [-0.39, 0.29) is 22.7 Å². The normalized spacial score (nSPS) is 15.6. The molecule has 0 saturated carbocycles. The lowest BCUT2D eigenvalue weighted by Gasteiger charge is -2.26. The van der Waals surface area contributed by atoms with Gasteiger partial charge in [0.05, 0.1) is 22.4 Å². The Morgan fingerprint density at radius 3 is 2.32 bits per heavy atom. The van der Waals surface area contributed by atoms with Gasteiger partial charge >= 0.3 is 6.18 Å². The average molecular weight is 539 g/mol. The third-order valence-corrected chi connectivity index (χ3v) is 7.14. The highest BCUT2D eigenvalue weighted by atomic mass is 35.5. The number of hydrogen-bond acceptors (Lipinski definition) is 3. The standard InChI is InChI=1S/C29H26ClF3N4O/c1-35(2)22-15-13-19(14-16-22)24-8-5-17-36(24)28(38)21-11-9-20(10-12-21)26-18-27(29(31,32)33)34-37(26)25-7-4-3-6-23(25)30/h3-4,6-7,9-16,18,24H,5,8,17H2,1-2H3. The van der Waals surface area contributed by atoms with E-state index in [0.29, 0.717) is 23.4 Å². The predicted molar refractivity (Wildman–Crippen MR) is 143 cm³/mol. The molecule has 1 fully saturated rings. The molecule has 0 aliphatic carbocycles. The molecule has 1 unspecified atom stereocenters. The summed E-state index contributed by atoms with van der Waals surface area (Å²) in [5.74, 6) is -0.105. The molecule has 0 N–H and O–H groups in total. The Bertz CT molecular complexity index is 1450. The summed E-state index contributed by atoms with van der Waals surface area (Å²) >= 11 is 6.27. The Kier molecular flexibility index (Phi) is 6.92. The van der Waals surface area contributed by atoms with Gasteiger partial charge in [-0.1, -0.05) is 48.0 Å². The van der Waals surface area contributed by atoms with Gasteiger partial charge in [0.1, 0.15) is 0 Å². The molecule has 196 valence electrons. The van der Waals surface area contributed by atoms with Crippen molar-refractivity contribution in [2.45, 2.75) is 25.1 Å². The smallest absolute Gasteiger partial charge is 0.378 e. The summed E-state index contributed by atoms with van der Waals surface area (Å²) in [5.41, 5.74) is 2.68. The summed E-state index contributed by atoms with van der Waals surface area (Å²) in [6.45, 7) is 0.648. The van der Waals surface area contributed by atoms with Gasteiger partial charge in [-0.3, -0.25) is 4.79 Å². The van der Waals surface area contributed by atoms with Crippen LogP contribution in [0.1, 0.15) is 40.5 Å². The van der Waals surface area contributed by atoms with Crippen molar-refractivity contribution in [2.75, 3.05) is 25.5 Å². The van der Waals surface area contributed by atoms with Gasteiger partial charge in [-0.05, 0) is 60.9 Å². The number of carbonyl (C=O) groups is 1. The van der Waals surface area contributed by atoms with Crippen LogP contribution in [0.4, 0.5) is 18.9 Å². The number of halogens is 4. The van der Waals surface area contributed by atoms with Crippen molar-refractivity contribution in [3.63, 3.8) is 0 Å². The minimum Gasteiger partial charge on any atom is -0.378 e. The van der Waals surface area contributed by atoms with E-state index in [1.165, 1.54) is 4.68 Å². The molecule has 4 aromatic rings. The van der Waals surface area contributed by atoms with E-state index in [9.17, 15) is 18.0 Å². The van der Waals surface area contributed by atoms with Crippen molar-refractivity contribution < 1.29 is 18.0 Å². The SMILES string of the molecule is CN(C)c1ccc(C2CCCN2C(=O)c2ccc(-c3cc(C(F)(F)F)nn3-c3ccccc3Cl)cc2)cc1. The van der Waals surface area contributed by atoms with Crippen LogP contribution in [-0.2, 0) is 6.18 Å². The maximum absolute atomic E-state index is 13.5. The lowest BCUT2D eigenvalue weighted by Crippen LogP contribution is -2.30. The maximum atomic E-state index is 13.5. The topological polar surface area (TPSA) is 41.4 Å². The third kappa shape index (κ3) is 5.00. The molecule has 38 heavy (non-hydrogen) atoms. The largest absolute Gasteiger partial charge is 0.435 e. The molecule has 1 aliphatic heterocycles. The van der Waals surface area contributed by atoms with Crippen LogP contribution in [0, 0.1) is 0 Å². The molecule has 2 heterocycles. The quantitative estimate of drug-likeness (QED) is 0.269. The van der Waals surface area contributed by atoms with Crippen LogP contribution >= 0.6 is 11.6 Å². The van der Waals surface area contributed by atoms with Crippen LogP contribution in [0.2, 0.25) is 5.02 Å². The van der Waals surface area contributed by atoms with Crippen molar-refractivity contribution >= 4 is 23.2 Å². The van der Waals surface area contributed by atoms with Gasteiger partial charge < -0.3 is 9.80 Å². The summed E-state index contributed by atoms with van der Waals surface area (Å²) < 4.78 is 41.8. The number of nitrogens with zero attached hydrogens (tertiary/aromatic N) is 4. The number of carbonyl (C=O) groups excluding carboxylic acids is 1. The molecule has 1 aromatic heterocycles. The number of hydrogen-bond donors (Lipinski definition) is 0. The number of rotatable bonds is 5. The van der Waals surface area contributed by atoms with Gasteiger partial charge in [0.25, 0.3) is 5.91 Å². The molecule has 1 saturated heterocycles. The summed E-state index contributed by atoms with van der Waals surface area (Å²) in [5, 5.41) is 4.07. The van der Waals surface area contributed by atoms with E-state index in [0.717, 1.165) is 30.2 Å². The second kappa shape index (κ2) is 10.2. The molecule has 1 atom stereocenters. The van der Waals surface area contributed by atoms with Gasteiger partial charge in [0, 0.05) is 37.5 Å². The number of likely N-dealkylation sites (tertiary alicyclic amines) is 1. The number of alkyl halides is 3. The molecule has 5 nitrogen and oxygen atoms in total. The van der Waals surface area contributed by atoms with Gasteiger partial charge in [0.2, 0.25) is 0 Å². The Morgan fingerprint density at radius 2 is 1.68 bits per heavy atom. The molecule has 9 heteroatoms. The molecule has 0 bridgehead atoms. The fourth-order valence-corrected chi connectivity index (χ4v) is 5.05. The molecule has 1 amide bonds. The molecule has 0 radical (unpaired) electrons. The Balaban J connectivity index is 1.44. The van der Waals surface area contributed by atoms with Gasteiger partial charge in [-0.25, -0.2) is 4.68 Å². The number of para-hydroxylation sites is 1. The van der Waals surface area contributed by atoms with Crippen molar-refractivity contribution in [1.82, 2.24) is 14.7 Å². The second-order valence-corrected chi connectivity index (χ2v) is 9.90. The van der Waals surface area contributed by atoms with E-state index >= 15 is 0 Å². The zero-order chi connectivity index (χ0) is 27.0. The maximum Gasteiger partial charge on any atom is 0.435 e. The molecular formula is C29H26ClF3N4O. The fourth-order valence-electron chi connectivity index (χ4n) is 4.83. The number of benzene rings is 3. The van der Waals surface area contributed by atoms with Crippen molar-refractivity contribution in [2.24, 2.45) is 0 Å². The average Bonchev–Trinajstić information content (AvgIpc) is 3.57. The second-order valence-electron chi connectivity index (χ2n) is 9.50. The van der Waals surface area contributed by atoms with Gasteiger partial charge in [-0.15, -0.1) is 0 Å². The van der Waals surface area contributed by atoms with Crippen LogP contribution in [0.25, 0.3) is 16.9 Å². The van der Waals surface area contributed by atoms with Crippen LogP contribution in [0.15, 0.2) is 78.9 Å². The van der Waals surface area contributed by atoms with Crippen molar-refractivity contribution in [1.29, 1.82) is 0 Å². The van der Waals surface area contributed by atoms with Gasteiger partial charge in [-0.2, -0.15) is 18.3 Å². The van der Waals surface area contributed by atoms with Crippen molar-refractivity contribution in [3.8, 4) is 16.9 Å². The molecular weight excluding hydrogens is 513 g/mol. The van der Waals surface area contributed by atoms with E-state index < -0.39 is 11.9 Å². The van der Waals surface area contributed by atoms with Crippen LogP contribution < -0.4 is 4.90 Å². The lowest BCUT2D eigenvalue weighted by molar-refractivity contribution is -0.141. The summed E-state index contributed by atoms with van der Waals surface area (Å²) in [6, 6.07) is 22.4. The predicted octanol–water partition coefficient (Wildman–Crippen LogP) is 7.25. The van der Waals surface area contributed by atoms with Crippen LogP contribution in [0.3, 0.4) is 0 Å². The van der Waals surface area contributed by atoms with Crippen LogP contribution in [0.5, 0.6) is 0 Å². The minimum absolute atomic E-state index is 0.0191. The van der Waals surface area contributed by atoms with E-state index in [2.05, 4.69) is 17.2 Å². The van der Waals surface area contributed by atoms with E-state index in [1.807, 2.05) is 36.0 Å². The van der Waals surface area contributed by atoms with E-state index in [4.69, 9.17) is 11.6 Å². The lowest BCUT2D eigenvalue weighted by atomic mass is 10.0. The minimum atomic E-state index is -4.62. The highest BCUT2D eigenvalue weighted by molar-refractivity contribution is 6.32. The molecule has 3 aromatic carbocycles. The Labute approximate surface area is 224 Å². The molecule has 0 spiro atoms. The fraction of sp³-hybridized carbons (Fsp3) is 0.241. The first-order valence-electron chi connectivity index (χ1n) is 12.2. The van der Waals surface area contributed by atoms with Crippen molar-refractivity contribution in [3.05, 3.63) is 101 Å². The van der Waals surface area contributed by atoms with Gasteiger partial charge in [0.15, 0.2) is 5.69 Å². The first-order valence-corrected chi connectivity index (χ1v) is 12.6. The number of aromatic nitrogens is 2. The Morgan fingerprint density at radius 1 is 1.00 bits per heavy atom. The highest BCUT2D eigenvalue weighted by Gasteiger charge is 2.36. The summed E-state index contributed by atoms with van der Waals surface area (Å²) in [6.07, 6.45) is -2.84. The number of anilines is 1. The monoisotopic (exact) mass is 538 g/mol. The first kappa shape index (κ1) is 25.9. The third-order valence-electron chi connectivity index (χ3n) is 6.82. The first-order chi connectivity index (χ1) is 18.1. The van der Waals surface area contributed by atoms with Crippen LogP contribution in [-0.4, -0.2) is 41.2 Å². The molecule has 5 rings (SSSR count). The highest BCUT2D eigenvalue weighted by Crippen LogP contribution is 2.36. The zero-order valence-corrected chi connectivity index (χ0v) is 21.7. The Hall–Kier alpha value is -3.78. The summed E-state index contributed by atoms with van der Waals surface area (Å²) in [7, 11) is 3.96. The number of amides is 1.